The highest BCUT2D eigenvalue weighted by molar-refractivity contribution is 7.92. The zero-order valence-electron chi connectivity index (χ0n) is 17.2. The van der Waals surface area contributed by atoms with Crippen molar-refractivity contribution in [2.45, 2.75) is 11.4 Å². The number of nitrogens with zero attached hydrogens (tertiary/aromatic N) is 3. The van der Waals surface area contributed by atoms with Gasteiger partial charge in [-0.25, -0.2) is 13.4 Å². The van der Waals surface area contributed by atoms with Crippen LogP contribution in [0.2, 0.25) is 0 Å². The molecule has 32 heavy (non-hydrogen) atoms. The Hall–Kier alpha value is -4.09. The Morgan fingerprint density at radius 3 is 2.47 bits per heavy atom. The van der Waals surface area contributed by atoms with Gasteiger partial charge in [0.1, 0.15) is 17.7 Å². The Morgan fingerprint density at radius 2 is 1.78 bits per heavy atom. The summed E-state index contributed by atoms with van der Waals surface area (Å²) in [5, 5.41) is 9.17. The maximum Gasteiger partial charge on any atom is 0.264 e. The summed E-state index contributed by atoms with van der Waals surface area (Å²) in [4.78, 5) is 4.50. The Labute approximate surface area is 186 Å². The molecule has 0 fully saturated rings. The largest absolute Gasteiger partial charge is 0.497 e. The van der Waals surface area contributed by atoms with Crippen LogP contribution in [-0.4, -0.2) is 20.5 Å². The molecule has 7 nitrogen and oxygen atoms in total. The number of sulfonamides is 1. The quantitative estimate of drug-likeness (QED) is 0.412. The van der Waals surface area contributed by atoms with Gasteiger partial charge in [0.15, 0.2) is 0 Å². The molecule has 0 saturated carbocycles. The SMILES string of the molecule is COc1ccc(-c2nc(CN(c3ccccc3)S(=O)(=O)c3cccc(C#N)c3)co2)cc1. The number of para-hydroxylation sites is 1. The lowest BCUT2D eigenvalue weighted by atomic mass is 10.2. The Kier molecular flexibility index (Phi) is 5.92. The maximum atomic E-state index is 13.5. The third kappa shape index (κ3) is 4.33. The van der Waals surface area contributed by atoms with Crippen LogP contribution in [0.25, 0.3) is 11.5 Å². The van der Waals surface area contributed by atoms with Gasteiger partial charge in [0.05, 0.1) is 35.9 Å². The molecule has 8 heteroatoms. The number of oxazole rings is 1. The number of anilines is 1. The number of rotatable bonds is 7. The molecule has 4 rings (SSSR count). The van der Waals surface area contributed by atoms with Crippen LogP contribution in [0.1, 0.15) is 11.3 Å². The monoisotopic (exact) mass is 445 g/mol. The van der Waals surface area contributed by atoms with E-state index >= 15 is 0 Å². The van der Waals surface area contributed by atoms with Gasteiger partial charge in [-0.05, 0) is 54.6 Å². The van der Waals surface area contributed by atoms with Gasteiger partial charge in [0.25, 0.3) is 10.0 Å². The van der Waals surface area contributed by atoms with Crippen molar-refractivity contribution in [1.29, 1.82) is 5.26 Å². The smallest absolute Gasteiger partial charge is 0.264 e. The summed E-state index contributed by atoms with van der Waals surface area (Å²) in [7, 11) is -2.38. The van der Waals surface area contributed by atoms with Gasteiger partial charge < -0.3 is 9.15 Å². The third-order valence-corrected chi connectivity index (χ3v) is 6.56. The van der Waals surface area contributed by atoms with E-state index < -0.39 is 10.0 Å². The number of hydrogen-bond acceptors (Lipinski definition) is 6. The molecule has 0 N–H and O–H groups in total. The molecule has 0 bridgehead atoms. The molecule has 0 saturated heterocycles. The van der Waals surface area contributed by atoms with Crippen molar-refractivity contribution in [3.8, 4) is 23.3 Å². The van der Waals surface area contributed by atoms with Crippen LogP contribution in [-0.2, 0) is 16.6 Å². The first-order valence-corrected chi connectivity index (χ1v) is 11.1. The first-order chi connectivity index (χ1) is 15.5. The molecule has 3 aromatic carbocycles. The van der Waals surface area contributed by atoms with Crippen LogP contribution in [0.5, 0.6) is 5.75 Å². The van der Waals surface area contributed by atoms with Gasteiger partial charge in [-0.2, -0.15) is 5.26 Å². The van der Waals surface area contributed by atoms with Gasteiger partial charge in [-0.3, -0.25) is 4.31 Å². The van der Waals surface area contributed by atoms with Gasteiger partial charge in [0, 0.05) is 5.56 Å². The van der Waals surface area contributed by atoms with E-state index in [0.717, 1.165) is 5.56 Å². The average molecular weight is 446 g/mol. The van der Waals surface area contributed by atoms with Crippen LogP contribution >= 0.6 is 0 Å². The predicted molar refractivity (Wildman–Crippen MR) is 119 cm³/mol. The molecule has 0 atom stereocenters. The summed E-state index contributed by atoms with van der Waals surface area (Å²) in [6, 6.07) is 23.9. The summed E-state index contributed by atoms with van der Waals surface area (Å²) in [6.45, 7) is -0.0389. The van der Waals surface area contributed by atoms with Crippen molar-refractivity contribution in [2.24, 2.45) is 0 Å². The van der Waals surface area contributed by atoms with Crippen LogP contribution < -0.4 is 9.04 Å². The lowest BCUT2D eigenvalue weighted by Crippen LogP contribution is -2.30. The van der Waals surface area contributed by atoms with Gasteiger partial charge >= 0.3 is 0 Å². The number of methoxy groups -OCH3 is 1. The van der Waals surface area contributed by atoms with E-state index in [4.69, 9.17) is 9.15 Å². The first kappa shape index (κ1) is 21.2. The maximum absolute atomic E-state index is 13.5. The summed E-state index contributed by atoms with van der Waals surface area (Å²) in [5.74, 6) is 1.08. The number of nitriles is 1. The summed E-state index contributed by atoms with van der Waals surface area (Å²) < 4.78 is 39.0. The summed E-state index contributed by atoms with van der Waals surface area (Å²) in [5.41, 5.74) is 1.93. The van der Waals surface area contributed by atoms with Crippen molar-refractivity contribution in [3.63, 3.8) is 0 Å². The summed E-state index contributed by atoms with van der Waals surface area (Å²) in [6.07, 6.45) is 1.44. The van der Waals surface area contributed by atoms with Crippen molar-refractivity contribution < 1.29 is 17.6 Å². The molecule has 0 radical (unpaired) electrons. The van der Waals surface area contributed by atoms with E-state index in [1.807, 2.05) is 24.3 Å². The average Bonchev–Trinajstić information content (AvgIpc) is 3.32. The standard InChI is InChI=1S/C24H19N3O4S/c1-30-22-12-10-19(11-13-22)24-26-20(17-31-24)16-27(21-7-3-2-4-8-21)32(28,29)23-9-5-6-18(14-23)15-25/h2-14,17H,16H2,1H3. The minimum Gasteiger partial charge on any atom is -0.497 e. The van der Waals surface area contributed by atoms with Gasteiger partial charge in [0.2, 0.25) is 5.89 Å². The predicted octanol–water partition coefficient (Wildman–Crippen LogP) is 4.62. The van der Waals surface area contributed by atoms with E-state index in [1.165, 1.54) is 22.7 Å². The molecule has 0 amide bonds. The van der Waals surface area contributed by atoms with Crippen LogP contribution in [0, 0.1) is 11.3 Å². The summed E-state index contributed by atoms with van der Waals surface area (Å²) >= 11 is 0. The molecule has 0 unspecified atom stereocenters. The second-order valence-electron chi connectivity index (χ2n) is 6.86. The number of ether oxygens (including phenoxy) is 1. The highest BCUT2D eigenvalue weighted by Crippen LogP contribution is 2.28. The van der Waals surface area contributed by atoms with Crippen molar-refractivity contribution in [2.75, 3.05) is 11.4 Å². The molecule has 1 heterocycles. The Bertz CT molecular complexity index is 1360. The van der Waals surface area contributed by atoms with Crippen LogP contribution in [0.3, 0.4) is 0 Å². The fourth-order valence-corrected chi connectivity index (χ4v) is 4.64. The Balaban J connectivity index is 1.69. The zero-order chi connectivity index (χ0) is 22.6. The molecule has 160 valence electrons. The van der Waals surface area contributed by atoms with E-state index in [0.29, 0.717) is 23.0 Å². The van der Waals surface area contributed by atoms with Crippen molar-refractivity contribution in [3.05, 3.63) is 96.4 Å². The second kappa shape index (κ2) is 8.96. The third-order valence-electron chi connectivity index (χ3n) is 4.79. The van der Waals surface area contributed by atoms with E-state index in [1.54, 1.807) is 55.6 Å². The molecule has 0 spiro atoms. The number of hydrogen-bond donors (Lipinski definition) is 0. The van der Waals surface area contributed by atoms with E-state index in [9.17, 15) is 13.7 Å². The van der Waals surface area contributed by atoms with Crippen molar-refractivity contribution in [1.82, 2.24) is 4.98 Å². The van der Waals surface area contributed by atoms with Crippen molar-refractivity contribution >= 4 is 15.7 Å². The van der Waals surface area contributed by atoms with Gasteiger partial charge in [-0.1, -0.05) is 24.3 Å². The lowest BCUT2D eigenvalue weighted by molar-refractivity contribution is 0.415. The van der Waals surface area contributed by atoms with Gasteiger partial charge in [-0.15, -0.1) is 0 Å². The molecular weight excluding hydrogens is 426 g/mol. The van der Waals surface area contributed by atoms with E-state index in [-0.39, 0.29) is 17.0 Å². The molecule has 0 aliphatic carbocycles. The second-order valence-corrected chi connectivity index (χ2v) is 8.72. The topological polar surface area (TPSA) is 96.4 Å². The fourth-order valence-electron chi connectivity index (χ4n) is 3.16. The minimum atomic E-state index is -3.97. The first-order valence-electron chi connectivity index (χ1n) is 9.68. The molecular formula is C24H19N3O4S. The molecule has 0 aliphatic rings. The highest BCUT2D eigenvalue weighted by atomic mass is 32.2. The fraction of sp³-hybridized carbons (Fsp3) is 0.0833. The lowest BCUT2D eigenvalue weighted by Gasteiger charge is -2.23. The number of aromatic nitrogens is 1. The van der Waals surface area contributed by atoms with Crippen LogP contribution in [0.15, 0.2) is 94.4 Å². The Morgan fingerprint density at radius 1 is 1.03 bits per heavy atom. The molecule has 1 aromatic heterocycles. The highest BCUT2D eigenvalue weighted by Gasteiger charge is 2.26. The normalized spacial score (nSPS) is 11.0. The molecule has 0 aliphatic heterocycles. The number of benzene rings is 3. The minimum absolute atomic E-state index is 0.0271. The molecule has 4 aromatic rings. The van der Waals surface area contributed by atoms with Crippen LogP contribution in [0.4, 0.5) is 5.69 Å². The van der Waals surface area contributed by atoms with E-state index in [2.05, 4.69) is 4.98 Å². The zero-order valence-corrected chi connectivity index (χ0v) is 18.0.